The molecule has 0 aromatic heterocycles. The Kier molecular flexibility index (Phi) is 9.69. The van der Waals surface area contributed by atoms with E-state index in [1.807, 2.05) is 64.1 Å². The second kappa shape index (κ2) is 12.7. The van der Waals surface area contributed by atoms with E-state index in [1.165, 1.54) is 4.90 Å². The molecule has 8 heteroatoms. The first-order valence-electron chi connectivity index (χ1n) is 12.8. The number of likely N-dealkylation sites (N-methyl/N-ethyl adjacent to an activating group) is 1. The van der Waals surface area contributed by atoms with Gasteiger partial charge in [0.1, 0.15) is 12.6 Å². The highest BCUT2D eigenvalue weighted by molar-refractivity contribution is 7.92. The molecule has 0 fully saturated rings. The van der Waals surface area contributed by atoms with E-state index in [0.717, 1.165) is 26.6 Å². The zero-order valence-electron chi connectivity index (χ0n) is 22.8. The first kappa shape index (κ1) is 28.9. The summed E-state index contributed by atoms with van der Waals surface area (Å²) in [6.45, 7) is 9.41. The minimum atomic E-state index is -4.07. The van der Waals surface area contributed by atoms with E-state index < -0.39 is 28.5 Å². The van der Waals surface area contributed by atoms with Gasteiger partial charge in [-0.1, -0.05) is 54.1 Å². The van der Waals surface area contributed by atoms with Gasteiger partial charge in [-0.2, -0.15) is 0 Å². The van der Waals surface area contributed by atoms with Gasteiger partial charge in [0.05, 0.1) is 10.6 Å². The number of benzene rings is 3. The predicted molar refractivity (Wildman–Crippen MR) is 152 cm³/mol. The van der Waals surface area contributed by atoms with E-state index in [0.29, 0.717) is 18.7 Å². The molecule has 3 rings (SSSR count). The highest BCUT2D eigenvalue weighted by atomic mass is 32.2. The lowest BCUT2D eigenvalue weighted by molar-refractivity contribution is -0.138. The monoisotopic (exact) mass is 535 g/mol. The largest absolute Gasteiger partial charge is 0.355 e. The Balaban J connectivity index is 2.01. The Labute approximate surface area is 226 Å². The summed E-state index contributed by atoms with van der Waals surface area (Å²) in [6.07, 6.45) is 0.532. The molecule has 1 atom stereocenters. The van der Waals surface area contributed by atoms with Crippen LogP contribution in [-0.2, 0) is 26.0 Å². The van der Waals surface area contributed by atoms with Gasteiger partial charge in [-0.3, -0.25) is 13.9 Å². The normalized spacial score (nSPS) is 12.0. The average Bonchev–Trinajstić information content (AvgIpc) is 2.87. The van der Waals surface area contributed by atoms with Crippen molar-refractivity contribution in [2.75, 3.05) is 23.9 Å². The fraction of sp³-hybridized carbons (Fsp3) is 0.333. The molecule has 3 aromatic carbocycles. The molecule has 2 amide bonds. The van der Waals surface area contributed by atoms with Crippen molar-refractivity contribution in [3.8, 4) is 0 Å². The van der Waals surface area contributed by atoms with E-state index in [4.69, 9.17) is 0 Å². The minimum Gasteiger partial charge on any atom is -0.355 e. The number of hydrogen-bond donors (Lipinski definition) is 1. The molecule has 0 aliphatic heterocycles. The van der Waals surface area contributed by atoms with Crippen molar-refractivity contribution in [2.45, 2.75) is 52.0 Å². The first-order chi connectivity index (χ1) is 18.0. The average molecular weight is 536 g/mol. The molecule has 202 valence electrons. The molecule has 0 aliphatic rings. The summed E-state index contributed by atoms with van der Waals surface area (Å²) in [5.74, 6) is -0.734. The highest BCUT2D eigenvalue weighted by Gasteiger charge is 2.32. The van der Waals surface area contributed by atoms with Gasteiger partial charge in [0, 0.05) is 13.1 Å². The van der Waals surface area contributed by atoms with Crippen LogP contribution in [0.1, 0.15) is 36.1 Å². The lowest BCUT2D eigenvalue weighted by Gasteiger charge is -2.32. The van der Waals surface area contributed by atoms with Gasteiger partial charge < -0.3 is 10.2 Å². The van der Waals surface area contributed by atoms with Crippen LogP contribution in [0.4, 0.5) is 5.69 Å². The van der Waals surface area contributed by atoms with Crippen LogP contribution in [0.5, 0.6) is 0 Å². The van der Waals surface area contributed by atoms with Crippen molar-refractivity contribution >= 4 is 27.5 Å². The third-order valence-electron chi connectivity index (χ3n) is 6.38. The zero-order valence-corrected chi connectivity index (χ0v) is 23.6. The summed E-state index contributed by atoms with van der Waals surface area (Å²) in [5.41, 5.74) is 4.12. The Morgan fingerprint density at radius 1 is 0.868 bits per heavy atom. The van der Waals surface area contributed by atoms with E-state index >= 15 is 0 Å². The number of carbonyl (C=O) groups excluding carboxylic acids is 2. The number of nitrogens with zero attached hydrogens (tertiary/aromatic N) is 2. The third-order valence-corrected chi connectivity index (χ3v) is 8.17. The molecule has 0 saturated heterocycles. The number of anilines is 1. The molecule has 0 heterocycles. The Hall–Kier alpha value is -3.65. The number of aryl methyl sites for hydroxylation is 3. The second-order valence-corrected chi connectivity index (χ2v) is 11.4. The van der Waals surface area contributed by atoms with Crippen LogP contribution in [-0.4, -0.2) is 50.8 Å². The van der Waals surface area contributed by atoms with E-state index in [2.05, 4.69) is 5.32 Å². The highest BCUT2D eigenvalue weighted by Crippen LogP contribution is 2.26. The van der Waals surface area contributed by atoms with Gasteiger partial charge in [-0.25, -0.2) is 8.42 Å². The van der Waals surface area contributed by atoms with E-state index in [1.54, 1.807) is 43.3 Å². The number of hydrogen-bond acceptors (Lipinski definition) is 4. The van der Waals surface area contributed by atoms with Crippen molar-refractivity contribution in [3.05, 3.63) is 95.1 Å². The van der Waals surface area contributed by atoms with Crippen LogP contribution in [0.3, 0.4) is 0 Å². The molecule has 0 bridgehead atoms. The number of amides is 2. The molecule has 3 aromatic rings. The fourth-order valence-corrected chi connectivity index (χ4v) is 5.75. The van der Waals surface area contributed by atoms with Gasteiger partial charge in [0.25, 0.3) is 10.0 Å². The second-order valence-electron chi connectivity index (χ2n) is 9.56. The molecule has 0 unspecified atom stereocenters. The van der Waals surface area contributed by atoms with Crippen molar-refractivity contribution in [1.82, 2.24) is 10.2 Å². The van der Waals surface area contributed by atoms with Crippen molar-refractivity contribution in [2.24, 2.45) is 0 Å². The van der Waals surface area contributed by atoms with Crippen LogP contribution >= 0.6 is 0 Å². The lowest BCUT2D eigenvalue weighted by atomic mass is 10.1. The summed E-state index contributed by atoms with van der Waals surface area (Å²) >= 11 is 0. The van der Waals surface area contributed by atoms with Crippen LogP contribution in [0.25, 0.3) is 0 Å². The van der Waals surface area contributed by atoms with Crippen molar-refractivity contribution in [3.63, 3.8) is 0 Å². The Bertz CT molecular complexity index is 1340. The Morgan fingerprint density at radius 3 is 2.05 bits per heavy atom. The quantitative estimate of drug-likeness (QED) is 0.394. The first-order valence-corrected chi connectivity index (χ1v) is 14.3. The van der Waals surface area contributed by atoms with Crippen LogP contribution in [0, 0.1) is 20.8 Å². The number of nitrogens with one attached hydrogen (secondary N) is 1. The minimum absolute atomic E-state index is 0.0997. The molecule has 38 heavy (non-hydrogen) atoms. The summed E-state index contributed by atoms with van der Waals surface area (Å²) in [5, 5.41) is 2.78. The van der Waals surface area contributed by atoms with Gasteiger partial charge in [0.15, 0.2) is 0 Å². The molecule has 7 nitrogen and oxygen atoms in total. The summed E-state index contributed by atoms with van der Waals surface area (Å²) < 4.78 is 28.9. The zero-order chi connectivity index (χ0) is 27.9. The molecular weight excluding hydrogens is 498 g/mol. The maximum atomic E-state index is 13.9. The summed E-state index contributed by atoms with van der Waals surface area (Å²) in [6, 6.07) is 20.9. The standard InChI is InChI=1S/C30H37N3O4S/c1-6-31-30(35)25(5)32(17-16-26-10-8-7-9-11-26)29(34)21-33(27-19-23(3)18-24(4)20-27)38(36,37)28-14-12-22(2)13-15-28/h7-15,18-20,25H,6,16-17,21H2,1-5H3,(H,31,35)/t25-/m1/s1. The van der Waals surface area contributed by atoms with E-state index in [9.17, 15) is 18.0 Å². The Morgan fingerprint density at radius 2 is 1.47 bits per heavy atom. The number of rotatable bonds is 11. The van der Waals surface area contributed by atoms with Crippen LogP contribution < -0.4 is 9.62 Å². The predicted octanol–water partition coefficient (Wildman–Crippen LogP) is 4.40. The fourth-order valence-electron chi connectivity index (χ4n) is 4.35. The number of sulfonamides is 1. The molecule has 0 radical (unpaired) electrons. The smallest absolute Gasteiger partial charge is 0.264 e. The number of carbonyl (C=O) groups is 2. The summed E-state index contributed by atoms with van der Waals surface area (Å²) in [7, 11) is -4.07. The van der Waals surface area contributed by atoms with Gasteiger partial charge in [-0.05, 0) is 82.0 Å². The topological polar surface area (TPSA) is 86.8 Å². The SMILES string of the molecule is CCNC(=O)[C@@H](C)N(CCc1ccccc1)C(=O)CN(c1cc(C)cc(C)c1)S(=O)(=O)c1ccc(C)cc1. The molecule has 0 aliphatic carbocycles. The van der Waals surface area contributed by atoms with Crippen molar-refractivity contribution < 1.29 is 18.0 Å². The van der Waals surface area contributed by atoms with Gasteiger partial charge in [-0.15, -0.1) is 0 Å². The van der Waals surface area contributed by atoms with Crippen LogP contribution in [0.15, 0.2) is 77.7 Å². The maximum absolute atomic E-state index is 13.9. The van der Waals surface area contributed by atoms with Gasteiger partial charge >= 0.3 is 0 Å². The van der Waals surface area contributed by atoms with E-state index in [-0.39, 0.29) is 17.3 Å². The van der Waals surface area contributed by atoms with Crippen LogP contribution in [0.2, 0.25) is 0 Å². The summed E-state index contributed by atoms with van der Waals surface area (Å²) in [4.78, 5) is 28.2. The maximum Gasteiger partial charge on any atom is 0.264 e. The lowest BCUT2D eigenvalue weighted by Crippen LogP contribution is -2.52. The molecule has 0 saturated carbocycles. The van der Waals surface area contributed by atoms with Crippen molar-refractivity contribution in [1.29, 1.82) is 0 Å². The molecular formula is C30H37N3O4S. The molecule has 1 N–H and O–H groups in total. The van der Waals surface area contributed by atoms with Gasteiger partial charge in [0.2, 0.25) is 11.8 Å². The third kappa shape index (κ3) is 7.22. The molecule has 0 spiro atoms.